The van der Waals surface area contributed by atoms with Crippen molar-refractivity contribution in [3.63, 3.8) is 0 Å². The molecular weight excluding hydrogens is 484 g/mol. The molecule has 8 heteroatoms. The Labute approximate surface area is 221 Å². The number of nitrogens with one attached hydrogen (secondary N) is 1. The van der Waals surface area contributed by atoms with E-state index in [2.05, 4.69) is 25.8 Å². The Balaban J connectivity index is 1.57. The van der Waals surface area contributed by atoms with E-state index in [0.717, 1.165) is 28.5 Å². The molecule has 0 unspecified atom stereocenters. The molecule has 2 aromatic carbocycles. The Morgan fingerprint density at radius 3 is 2.35 bits per heavy atom. The SMILES string of the molecule is COC(=O)c1ccc(-n2cccc2[C@@H]2[C@@H](c3ccccn3)NC(=S)N2c2ccc(OC(C)C)cc2)cc1. The third-order valence-corrected chi connectivity index (χ3v) is 6.55. The van der Waals surface area contributed by atoms with Gasteiger partial charge >= 0.3 is 5.97 Å². The van der Waals surface area contributed by atoms with Crippen molar-refractivity contribution in [3.05, 3.63) is 108 Å². The van der Waals surface area contributed by atoms with Gasteiger partial charge in [-0.1, -0.05) is 6.07 Å². The van der Waals surface area contributed by atoms with Crippen molar-refractivity contribution in [2.75, 3.05) is 12.0 Å². The highest BCUT2D eigenvalue weighted by molar-refractivity contribution is 7.80. The summed E-state index contributed by atoms with van der Waals surface area (Å²) in [5, 5.41) is 4.12. The predicted octanol–water partition coefficient (Wildman–Crippen LogP) is 5.62. The quantitative estimate of drug-likeness (QED) is 0.254. The summed E-state index contributed by atoms with van der Waals surface area (Å²) in [6, 6.07) is 25.0. The van der Waals surface area contributed by atoms with Gasteiger partial charge in [0.2, 0.25) is 0 Å². The molecule has 1 fully saturated rings. The predicted molar refractivity (Wildman–Crippen MR) is 147 cm³/mol. The molecule has 0 amide bonds. The number of carbonyl (C=O) groups excluding carboxylic acids is 1. The monoisotopic (exact) mass is 512 g/mol. The van der Waals surface area contributed by atoms with Gasteiger partial charge in [0.15, 0.2) is 5.11 Å². The van der Waals surface area contributed by atoms with E-state index in [1.165, 1.54) is 7.11 Å². The Kier molecular flexibility index (Phi) is 6.92. The van der Waals surface area contributed by atoms with Crippen LogP contribution in [0.5, 0.6) is 5.75 Å². The van der Waals surface area contributed by atoms with Gasteiger partial charge in [-0.3, -0.25) is 4.98 Å². The number of nitrogens with zero attached hydrogens (tertiary/aromatic N) is 3. The van der Waals surface area contributed by atoms with Gasteiger partial charge in [-0.05, 0) is 98.9 Å². The number of rotatable bonds is 7. The van der Waals surface area contributed by atoms with Crippen LogP contribution in [0.25, 0.3) is 5.69 Å². The first-order chi connectivity index (χ1) is 18.0. The lowest BCUT2D eigenvalue weighted by Crippen LogP contribution is -2.30. The molecule has 0 aliphatic carbocycles. The maximum absolute atomic E-state index is 11.9. The van der Waals surface area contributed by atoms with Gasteiger partial charge in [-0.25, -0.2) is 4.79 Å². The summed E-state index contributed by atoms with van der Waals surface area (Å²) in [5.41, 5.74) is 4.29. The average Bonchev–Trinajstić information content (AvgIpc) is 3.53. The zero-order valence-corrected chi connectivity index (χ0v) is 21.7. The number of pyridine rings is 1. The van der Waals surface area contributed by atoms with Gasteiger partial charge in [-0.2, -0.15) is 0 Å². The molecule has 37 heavy (non-hydrogen) atoms. The van der Waals surface area contributed by atoms with Crippen molar-refractivity contribution in [2.24, 2.45) is 0 Å². The summed E-state index contributed by atoms with van der Waals surface area (Å²) in [5.74, 6) is 0.444. The molecular formula is C29H28N4O3S. The van der Waals surface area contributed by atoms with Crippen LogP contribution in [0.3, 0.4) is 0 Å². The zero-order valence-electron chi connectivity index (χ0n) is 20.9. The van der Waals surface area contributed by atoms with Gasteiger partial charge in [-0.15, -0.1) is 0 Å². The minimum absolute atomic E-state index is 0.0931. The molecule has 2 atom stereocenters. The number of benzene rings is 2. The van der Waals surface area contributed by atoms with E-state index in [9.17, 15) is 4.79 Å². The third kappa shape index (κ3) is 4.93. The van der Waals surface area contributed by atoms with E-state index in [0.29, 0.717) is 10.7 Å². The summed E-state index contributed by atoms with van der Waals surface area (Å²) < 4.78 is 12.8. The van der Waals surface area contributed by atoms with Crippen molar-refractivity contribution >= 4 is 29.0 Å². The molecule has 188 valence electrons. The van der Waals surface area contributed by atoms with Crippen molar-refractivity contribution in [1.82, 2.24) is 14.9 Å². The lowest BCUT2D eigenvalue weighted by Gasteiger charge is -2.29. The van der Waals surface area contributed by atoms with E-state index >= 15 is 0 Å². The number of esters is 1. The van der Waals surface area contributed by atoms with E-state index in [-0.39, 0.29) is 24.2 Å². The van der Waals surface area contributed by atoms with Crippen molar-refractivity contribution in [2.45, 2.75) is 32.0 Å². The minimum atomic E-state index is -0.365. The summed E-state index contributed by atoms with van der Waals surface area (Å²) >= 11 is 5.87. The largest absolute Gasteiger partial charge is 0.491 e. The molecule has 4 aromatic rings. The number of thiocarbonyl (C=S) groups is 1. The molecule has 0 spiro atoms. The van der Waals surface area contributed by atoms with Crippen LogP contribution in [0, 0.1) is 0 Å². The second-order valence-corrected chi connectivity index (χ2v) is 9.39. The van der Waals surface area contributed by atoms with Crippen LogP contribution >= 0.6 is 12.2 Å². The van der Waals surface area contributed by atoms with Crippen LogP contribution in [0.1, 0.15) is 47.7 Å². The summed E-state index contributed by atoms with van der Waals surface area (Å²) in [4.78, 5) is 18.7. The molecule has 1 N–H and O–H groups in total. The first kappa shape index (κ1) is 24.5. The molecule has 2 aromatic heterocycles. The van der Waals surface area contributed by atoms with Crippen LogP contribution in [0.4, 0.5) is 5.69 Å². The van der Waals surface area contributed by atoms with Crippen LogP contribution < -0.4 is 15.0 Å². The average molecular weight is 513 g/mol. The summed E-state index contributed by atoms with van der Waals surface area (Å²) in [7, 11) is 1.38. The molecule has 1 saturated heterocycles. The summed E-state index contributed by atoms with van der Waals surface area (Å²) in [6.45, 7) is 4.01. The van der Waals surface area contributed by atoms with Gasteiger partial charge in [0.1, 0.15) is 11.8 Å². The van der Waals surface area contributed by atoms with E-state index < -0.39 is 0 Å². The molecule has 0 saturated carbocycles. The second kappa shape index (κ2) is 10.4. The van der Waals surface area contributed by atoms with Crippen molar-refractivity contribution in [1.29, 1.82) is 0 Å². The van der Waals surface area contributed by atoms with E-state index in [1.807, 2.05) is 80.7 Å². The lowest BCUT2D eigenvalue weighted by molar-refractivity contribution is 0.0600. The maximum Gasteiger partial charge on any atom is 0.337 e. The minimum Gasteiger partial charge on any atom is -0.491 e. The number of methoxy groups -OCH3 is 1. The smallest absolute Gasteiger partial charge is 0.337 e. The van der Waals surface area contributed by atoms with Crippen LogP contribution in [-0.4, -0.2) is 33.8 Å². The van der Waals surface area contributed by atoms with Crippen LogP contribution in [0.2, 0.25) is 0 Å². The number of aromatic nitrogens is 2. The summed E-state index contributed by atoms with van der Waals surface area (Å²) in [6.07, 6.45) is 3.90. The number of anilines is 1. The molecule has 1 aliphatic heterocycles. The Hall–Kier alpha value is -4.17. The molecule has 0 bridgehead atoms. The van der Waals surface area contributed by atoms with Gasteiger partial charge < -0.3 is 24.3 Å². The molecule has 1 aliphatic rings. The normalized spacial score (nSPS) is 17.1. The topological polar surface area (TPSA) is 68.6 Å². The van der Waals surface area contributed by atoms with Crippen molar-refractivity contribution in [3.8, 4) is 11.4 Å². The molecule has 0 radical (unpaired) electrons. The fourth-order valence-corrected chi connectivity index (χ4v) is 4.98. The number of hydrogen-bond acceptors (Lipinski definition) is 5. The van der Waals surface area contributed by atoms with Gasteiger partial charge in [0, 0.05) is 29.5 Å². The van der Waals surface area contributed by atoms with E-state index in [1.54, 1.807) is 18.3 Å². The van der Waals surface area contributed by atoms with E-state index in [4.69, 9.17) is 21.7 Å². The molecule has 3 heterocycles. The lowest BCUT2D eigenvalue weighted by atomic mass is 10.0. The molecule has 7 nitrogen and oxygen atoms in total. The zero-order chi connectivity index (χ0) is 25.9. The maximum atomic E-state index is 11.9. The van der Waals surface area contributed by atoms with Crippen LogP contribution in [0.15, 0.2) is 91.3 Å². The van der Waals surface area contributed by atoms with Gasteiger partial charge in [0.05, 0.1) is 30.5 Å². The van der Waals surface area contributed by atoms with Gasteiger partial charge in [0.25, 0.3) is 0 Å². The Morgan fingerprint density at radius 2 is 1.70 bits per heavy atom. The first-order valence-electron chi connectivity index (χ1n) is 12.1. The van der Waals surface area contributed by atoms with Crippen LogP contribution in [-0.2, 0) is 4.74 Å². The second-order valence-electron chi connectivity index (χ2n) is 9.00. The number of carbonyl (C=O) groups is 1. The molecule has 5 rings (SSSR count). The third-order valence-electron chi connectivity index (χ3n) is 6.23. The Morgan fingerprint density at radius 1 is 0.973 bits per heavy atom. The van der Waals surface area contributed by atoms with Crippen molar-refractivity contribution < 1.29 is 14.3 Å². The fourth-order valence-electron chi connectivity index (χ4n) is 4.64. The highest BCUT2D eigenvalue weighted by atomic mass is 32.1. The Bertz CT molecular complexity index is 1380. The fraction of sp³-hybridized carbons (Fsp3) is 0.207. The number of hydrogen-bond donors (Lipinski definition) is 1. The number of ether oxygens (including phenoxy) is 2. The highest BCUT2D eigenvalue weighted by Gasteiger charge is 2.42. The standard InChI is InChI=1S/C29H28N4O3S/c1-19(2)36-23-15-13-22(14-16-23)33-27(26(31-29(33)37)24-7-4-5-17-30-24)25-8-6-18-32(25)21-11-9-20(10-12-21)28(34)35-3/h4-19,26-27H,1-3H3,(H,31,37)/t26-,27-/m1/s1. The highest BCUT2D eigenvalue weighted by Crippen LogP contribution is 2.42. The first-order valence-corrected chi connectivity index (χ1v) is 12.5.